The van der Waals surface area contributed by atoms with Crippen molar-refractivity contribution in [1.82, 2.24) is 14.5 Å². The van der Waals surface area contributed by atoms with Crippen LogP contribution in [0.1, 0.15) is 30.6 Å². The zero-order valence-corrected chi connectivity index (χ0v) is 14.6. The average molecular weight is 345 g/mol. The van der Waals surface area contributed by atoms with Gasteiger partial charge in [-0.1, -0.05) is 0 Å². The maximum atomic E-state index is 12.8. The lowest BCUT2D eigenvalue weighted by Crippen LogP contribution is -2.36. The van der Waals surface area contributed by atoms with Crippen LogP contribution in [0.2, 0.25) is 0 Å². The molecule has 0 aliphatic carbocycles. The Morgan fingerprint density at radius 2 is 2.16 bits per heavy atom. The van der Waals surface area contributed by atoms with Crippen molar-refractivity contribution in [2.45, 2.75) is 26.8 Å². The van der Waals surface area contributed by atoms with Gasteiger partial charge in [0.1, 0.15) is 0 Å². The van der Waals surface area contributed by atoms with Crippen LogP contribution in [0.3, 0.4) is 0 Å². The van der Waals surface area contributed by atoms with Gasteiger partial charge in [-0.3, -0.25) is 14.2 Å². The standard InChI is InChI=1S/C18H23N3O4/c1-3-20(10-12-7-8-25-11-12)16(22)13-5-6-14-15(9-13)19-18(24)21(4-2)17(14)23/h5-6,9,12H,3-4,7-8,10-11H2,1-2H3,(H,19,24). The molecule has 1 aliphatic rings. The second-order valence-corrected chi connectivity index (χ2v) is 6.31. The van der Waals surface area contributed by atoms with E-state index in [1.165, 1.54) is 0 Å². The molecule has 0 radical (unpaired) electrons. The summed E-state index contributed by atoms with van der Waals surface area (Å²) in [4.78, 5) is 41.6. The van der Waals surface area contributed by atoms with E-state index in [0.717, 1.165) is 17.6 Å². The molecule has 1 atom stereocenters. The highest BCUT2D eigenvalue weighted by Crippen LogP contribution is 2.17. The van der Waals surface area contributed by atoms with E-state index in [0.29, 0.717) is 48.6 Å². The number of rotatable bonds is 5. The summed E-state index contributed by atoms with van der Waals surface area (Å²) in [7, 11) is 0. The molecule has 2 aromatic rings. The summed E-state index contributed by atoms with van der Waals surface area (Å²) < 4.78 is 6.52. The van der Waals surface area contributed by atoms with Gasteiger partial charge >= 0.3 is 5.69 Å². The Balaban J connectivity index is 1.93. The van der Waals surface area contributed by atoms with Gasteiger partial charge in [0, 0.05) is 37.7 Å². The maximum absolute atomic E-state index is 12.8. The van der Waals surface area contributed by atoms with Crippen LogP contribution in [0.15, 0.2) is 27.8 Å². The number of H-pyrrole nitrogens is 1. The highest BCUT2D eigenvalue weighted by molar-refractivity contribution is 5.97. The molecule has 25 heavy (non-hydrogen) atoms. The predicted molar refractivity (Wildman–Crippen MR) is 95.0 cm³/mol. The third kappa shape index (κ3) is 3.37. The van der Waals surface area contributed by atoms with E-state index < -0.39 is 5.69 Å². The molecule has 7 nitrogen and oxygen atoms in total. The molecule has 0 spiro atoms. The van der Waals surface area contributed by atoms with Gasteiger partial charge in [-0.05, 0) is 38.5 Å². The Kier molecular flexibility index (Phi) is 5.03. The Labute approximate surface area is 145 Å². The summed E-state index contributed by atoms with van der Waals surface area (Å²) in [5.74, 6) is 0.262. The molecule has 1 amide bonds. The number of hydrogen-bond donors (Lipinski definition) is 1. The van der Waals surface area contributed by atoms with Crippen molar-refractivity contribution in [3.63, 3.8) is 0 Å². The summed E-state index contributed by atoms with van der Waals surface area (Å²) >= 11 is 0. The van der Waals surface area contributed by atoms with Gasteiger partial charge in [-0.15, -0.1) is 0 Å². The van der Waals surface area contributed by atoms with Crippen LogP contribution in [-0.4, -0.2) is 46.7 Å². The number of ether oxygens (including phenoxy) is 1. The van der Waals surface area contributed by atoms with Crippen molar-refractivity contribution in [2.24, 2.45) is 5.92 Å². The van der Waals surface area contributed by atoms with Gasteiger partial charge in [0.15, 0.2) is 0 Å². The molecule has 1 saturated heterocycles. The van der Waals surface area contributed by atoms with Gasteiger partial charge in [0.25, 0.3) is 11.5 Å². The molecule has 1 fully saturated rings. The highest BCUT2D eigenvalue weighted by Gasteiger charge is 2.22. The number of carbonyl (C=O) groups is 1. The van der Waals surface area contributed by atoms with Crippen LogP contribution in [0.4, 0.5) is 0 Å². The molecule has 134 valence electrons. The molecule has 1 N–H and O–H groups in total. The Morgan fingerprint density at radius 1 is 1.36 bits per heavy atom. The number of hydrogen-bond acceptors (Lipinski definition) is 4. The quantitative estimate of drug-likeness (QED) is 0.883. The number of aromatic amines is 1. The first kappa shape index (κ1) is 17.4. The van der Waals surface area contributed by atoms with E-state index >= 15 is 0 Å². The molecule has 7 heteroatoms. The van der Waals surface area contributed by atoms with Gasteiger partial charge in [0.05, 0.1) is 17.5 Å². The molecule has 1 aromatic heterocycles. The first-order chi connectivity index (χ1) is 12.0. The highest BCUT2D eigenvalue weighted by atomic mass is 16.5. The van der Waals surface area contributed by atoms with Crippen molar-refractivity contribution in [2.75, 3.05) is 26.3 Å². The molecule has 0 saturated carbocycles. The zero-order valence-electron chi connectivity index (χ0n) is 14.6. The van der Waals surface area contributed by atoms with Crippen LogP contribution >= 0.6 is 0 Å². The first-order valence-corrected chi connectivity index (χ1v) is 8.69. The van der Waals surface area contributed by atoms with E-state index in [1.807, 2.05) is 6.92 Å². The molecule has 1 aromatic carbocycles. The first-order valence-electron chi connectivity index (χ1n) is 8.69. The molecule has 1 unspecified atom stereocenters. The lowest BCUT2D eigenvalue weighted by atomic mass is 10.1. The fraction of sp³-hybridized carbons (Fsp3) is 0.500. The van der Waals surface area contributed by atoms with Crippen molar-refractivity contribution in [3.8, 4) is 0 Å². The van der Waals surface area contributed by atoms with Crippen molar-refractivity contribution >= 4 is 16.8 Å². The zero-order chi connectivity index (χ0) is 18.0. The minimum Gasteiger partial charge on any atom is -0.381 e. The van der Waals surface area contributed by atoms with Crippen LogP contribution in [0.25, 0.3) is 10.9 Å². The summed E-state index contributed by atoms with van der Waals surface area (Å²) in [5.41, 5.74) is 0.0686. The average Bonchev–Trinajstić information content (AvgIpc) is 3.12. The third-order valence-electron chi connectivity index (χ3n) is 4.72. The van der Waals surface area contributed by atoms with Crippen molar-refractivity contribution in [3.05, 3.63) is 44.6 Å². The summed E-state index contributed by atoms with van der Waals surface area (Å²) in [6.07, 6.45) is 0.964. The van der Waals surface area contributed by atoms with E-state index in [9.17, 15) is 14.4 Å². The fourth-order valence-electron chi connectivity index (χ4n) is 3.25. The van der Waals surface area contributed by atoms with Gasteiger partial charge in [-0.25, -0.2) is 4.79 Å². The van der Waals surface area contributed by atoms with Crippen LogP contribution in [-0.2, 0) is 11.3 Å². The third-order valence-corrected chi connectivity index (χ3v) is 4.72. The molecule has 0 bridgehead atoms. The summed E-state index contributed by atoms with van der Waals surface area (Å²) in [6, 6.07) is 4.85. The number of carbonyl (C=O) groups excluding carboxylic acids is 1. The van der Waals surface area contributed by atoms with Crippen molar-refractivity contribution in [1.29, 1.82) is 0 Å². The Bertz CT molecular complexity index is 893. The second-order valence-electron chi connectivity index (χ2n) is 6.31. The maximum Gasteiger partial charge on any atom is 0.328 e. The SMILES string of the molecule is CCN(CC1CCOC1)C(=O)c1ccc2c(=O)n(CC)c(=O)[nH]c2c1. The summed E-state index contributed by atoms with van der Waals surface area (Å²) in [6.45, 7) is 6.67. The number of nitrogens with zero attached hydrogens (tertiary/aromatic N) is 2. The Morgan fingerprint density at radius 3 is 2.80 bits per heavy atom. The van der Waals surface area contributed by atoms with Crippen LogP contribution < -0.4 is 11.2 Å². The molecule has 2 heterocycles. The number of nitrogens with one attached hydrogen (secondary N) is 1. The molecular formula is C18H23N3O4. The predicted octanol–water partition coefficient (Wildman–Crippen LogP) is 1.21. The fourth-order valence-corrected chi connectivity index (χ4v) is 3.25. The van der Waals surface area contributed by atoms with Gasteiger partial charge in [0.2, 0.25) is 0 Å². The van der Waals surface area contributed by atoms with Gasteiger partial charge in [-0.2, -0.15) is 0 Å². The lowest BCUT2D eigenvalue weighted by molar-refractivity contribution is 0.0731. The Hall–Kier alpha value is -2.41. The summed E-state index contributed by atoms with van der Waals surface area (Å²) in [5, 5.41) is 0.408. The monoisotopic (exact) mass is 345 g/mol. The van der Waals surface area contributed by atoms with Crippen LogP contribution in [0.5, 0.6) is 0 Å². The van der Waals surface area contributed by atoms with Crippen molar-refractivity contribution < 1.29 is 9.53 Å². The number of fused-ring (bicyclic) bond motifs is 1. The normalized spacial score (nSPS) is 17.1. The number of aromatic nitrogens is 2. The van der Waals surface area contributed by atoms with E-state index in [-0.39, 0.29) is 11.5 Å². The molecule has 3 rings (SSSR count). The van der Waals surface area contributed by atoms with Crippen LogP contribution in [0, 0.1) is 5.92 Å². The molecular weight excluding hydrogens is 322 g/mol. The lowest BCUT2D eigenvalue weighted by Gasteiger charge is -2.24. The number of amides is 1. The smallest absolute Gasteiger partial charge is 0.328 e. The minimum atomic E-state index is -0.458. The number of benzene rings is 1. The van der Waals surface area contributed by atoms with E-state index in [1.54, 1.807) is 30.0 Å². The van der Waals surface area contributed by atoms with E-state index in [4.69, 9.17) is 4.74 Å². The largest absolute Gasteiger partial charge is 0.381 e. The van der Waals surface area contributed by atoms with Gasteiger partial charge < -0.3 is 14.6 Å². The second kappa shape index (κ2) is 7.23. The minimum absolute atomic E-state index is 0.100. The van der Waals surface area contributed by atoms with E-state index in [2.05, 4.69) is 4.98 Å². The molecule has 1 aliphatic heterocycles. The topological polar surface area (TPSA) is 84.4 Å².